The fraction of sp³-hybridized carbons (Fsp3) is 0.240. The van der Waals surface area contributed by atoms with Crippen molar-refractivity contribution in [1.29, 1.82) is 0 Å². The summed E-state index contributed by atoms with van der Waals surface area (Å²) < 4.78 is 18.0. The molecule has 6 nitrogen and oxygen atoms in total. The van der Waals surface area contributed by atoms with Crippen LogP contribution < -0.4 is 20.1 Å². The van der Waals surface area contributed by atoms with E-state index in [0.717, 1.165) is 29.9 Å². The smallest absolute Gasteiger partial charge is 0.340 e. The number of esters is 1. The highest BCUT2D eigenvalue weighted by atomic mass is 16.6. The van der Waals surface area contributed by atoms with Gasteiger partial charge in [0.15, 0.2) is 5.60 Å². The summed E-state index contributed by atoms with van der Waals surface area (Å²) in [5.74, 6) is 1.41. The number of benzene rings is 3. The van der Waals surface area contributed by atoms with Crippen LogP contribution in [0.3, 0.4) is 0 Å². The van der Waals surface area contributed by atoms with E-state index >= 15 is 0 Å². The monoisotopic (exact) mass is 414 g/mol. The zero-order valence-electron chi connectivity index (χ0n) is 17.2. The first-order chi connectivity index (χ1) is 15.1. The lowest BCUT2D eigenvalue weighted by atomic mass is 9.77. The van der Waals surface area contributed by atoms with Crippen LogP contribution in [0.4, 0.5) is 11.4 Å². The molecule has 3 heterocycles. The average molecular weight is 414 g/mol. The molecule has 31 heavy (non-hydrogen) atoms. The summed E-state index contributed by atoms with van der Waals surface area (Å²) in [5, 5.41) is 0. The Morgan fingerprint density at radius 2 is 1.74 bits per heavy atom. The van der Waals surface area contributed by atoms with Gasteiger partial charge < -0.3 is 24.8 Å². The van der Waals surface area contributed by atoms with Gasteiger partial charge in [-0.1, -0.05) is 18.2 Å². The Hall–Kier alpha value is -3.67. The molecule has 156 valence electrons. The topological polar surface area (TPSA) is 74.0 Å². The molecule has 2 N–H and O–H groups in total. The molecule has 0 saturated carbocycles. The number of hydrogen-bond donors (Lipinski definition) is 1. The second-order valence-electron chi connectivity index (χ2n) is 8.18. The van der Waals surface area contributed by atoms with Gasteiger partial charge >= 0.3 is 5.97 Å². The van der Waals surface area contributed by atoms with Crippen LogP contribution in [-0.4, -0.2) is 26.2 Å². The number of hydrogen-bond acceptors (Lipinski definition) is 6. The molecule has 1 fully saturated rings. The zero-order chi connectivity index (χ0) is 21.2. The number of rotatable bonds is 2. The molecular weight excluding hydrogens is 392 g/mol. The highest BCUT2D eigenvalue weighted by Gasteiger charge is 2.53. The highest BCUT2D eigenvalue weighted by molar-refractivity contribution is 5.97. The minimum atomic E-state index is -1.11. The fourth-order valence-corrected chi connectivity index (χ4v) is 5.05. The van der Waals surface area contributed by atoms with E-state index in [1.54, 1.807) is 25.3 Å². The third-order valence-electron chi connectivity index (χ3n) is 6.52. The van der Waals surface area contributed by atoms with E-state index in [1.165, 1.54) is 12.8 Å². The predicted molar refractivity (Wildman–Crippen MR) is 117 cm³/mol. The summed E-state index contributed by atoms with van der Waals surface area (Å²) in [7, 11) is 1.57. The van der Waals surface area contributed by atoms with Gasteiger partial charge in [-0.25, -0.2) is 4.79 Å². The van der Waals surface area contributed by atoms with Crippen molar-refractivity contribution in [3.63, 3.8) is 0 Å². The maximum absolute atomic E-state index is 12.9. The van der Waals surface area contributed by atoms with Crippen LogP contribution in [0, 0.1) is 0 Å². The Morgan fingerprint density at radius 3 is 2.55 bits per heavy atom. The fourth-order valence-electron chi connectivity index (χ4n) is 5.05. The largest absolute Gasteiger partial charge is 0.494 e. The van der Waals surface area contributed by atoms with Gasteiger partial charge in [-0.15, -0.1) is 0 Å². The van der Waals surface area contributed by atoms with Crippen LogP contribution in [0.25, 0.3) is 0 Å². The van der Waals surface area contributed by atoms with Gasteiger partial charge in [-0.2, -0.15) is 0 Å². The Bertz CT molecular complexity index is 1230. The molecule has 3 aromatic carbocycles. The normalized spacial score (nSPS) is 20.7. The van der Waals surface area contributed by atoms with E-state index in [0.29, 0.717) is 34.1 Å². The number of nitrogen functional groups attached to an aromatic ring is 1. The lowest BCUT2D eigenvalue weighted by Gasteiger charge is -2.37. The first-order valence-corrected chi connectivity index (χ1v) is 10.5. The van der Waals surface area contributed by atoms with Crippen molar-refractivity contribution in [3.05, 3.63) is 76.9 Å². The summed E-state index contributed by atoms with van der Waals surface area (Å²) in [5.41, 5.74) is 9.56. The van der Waals surface area contributed by atoms with Crippen molar-refractivity contribution in [2.75, 3.05) is 30.8 Å². The summed E-state index contributed by atoms with van der Waals surface area (Å²) >= 11 is 0. The van der Waals surface area contributed by atoms with Gasteiger partial charge in [0, 0.05) is 47.6 Å². The molecule has 1 spiro atoms. The third kappa shape index (κ3) is 2.42. The summed E-state index contributed by atoms with van der Waals surface area (Å²) in [6, 6.07) is 17.2. The summed E-state index contributed by atoms with van der Waals surface area (Å²) in [6.45, 7) is 2.06. The second-order valence-corrected chi connectivity index (χ2v) is 8.18. The third-order valence-corrected chi connectivity index (χ3v) is 6.52. The number of anilines is 2. The van der Waals surface area contributed by atoms with Crippen molar-refractivity contribution in [1.82, 2.24) is 0 Å². The molecule has 6 heteroatoms. The molecule has 3 aliphatic rings. The van der Waals surface area contributed by atoms with Crippen molar-refractivity contribution in [3.8, 4) is 17.2 Å². The Kier molecular flexibility index (Phi) is 3.75. The first-order valence-electron chi connectivity index (χ1n) is 10.5. The van der Waals surface area contributed by atoms with Gasteiger partial charge in [0.25, 0.3) is 0 Å². The van der Waals surface area contributed by atoms with E-state index in [4.69, 9.17) is 19.9 Å². The van der Waals surface area contributed by atoms with E-state index in [2.05, 4.69) is 11.0 Å². The number of methoxy groups -OCH3 is 1. The SMILES string of the molecule is COc1cc2c(cc1N)C1(OC(=O)c3ccccc31)c1ccc(N3CCCC3)cc1O2. The predicted octanol–water partition coefficient (Wildman–Crippen LogP) is 4.45. The second kappa shape index (κ2) is 6.41. The van der Waals surface area contributed by atoms with E-state index in [9.17, 15) is 4.79 Å². The van der Waals surface area contributed by atoms with Crippen LogP contribution >= 0.6 is 0 Å². The van der Waals surface area contributed by atoms with E-state index in [-0.39, 0.29) is 5.97 Å². The Labute approximate surface area is 180 Å². The van der Waals surface area contributed by atoms with Gasteiger partial charge in [0.05, 0.1) is 18.4 Å². The van der Waals surface area contributed by atoms with E-state index < -0.39 is 5.60 Å². The zero-order valence-corrected chi connectivity index (χ0v) is 17.2. The van der Waals surface area contributed by atoms with Crippen molar-refractivity contribution in [2.45, 2.75) is 18.4 Å². The number of nitrogens with zero attached hydrogens (tertiary/aromatic N) is 1. The van der Waals surface area contributed by atoms with Gasteiger partial charge in [0.2, 0.25) is 0 Å². The molecule has 1 saturated heterocycles. The van der Waals surface area contributed by atoms with E-state index in [1.807, 2.05) is 30.3 Å². The summed E-state index contributed by atoms with van der Waals surface area (Å²) in [4.78, 5) is 15.3. The molecule has 3 aliphatic heterocycles. The molecular formula is C25H22N2O4. The lowest BCUT2D eigenvalue weighted by Crippen LogP contribution is -2.33. The van der Waals surface area contributed by atoms with Crippen LogP contribution in [-0.2, 0) is 10.3 Å². The molecule has 0 radical (unpaired) electrons. The molecule has 3 aromatic rings. The first kappa shape index (κ1) is 18.1. The number of carbonyl (C=O) groups is 1. The molecule has 1 atom stereocenters. The average Bonchev–Trinajstić information content (AvgIpc) is 3.42. The quantitative estimate of drug-likeness (QED) is 0.493. The standard InChI is InChI=1S/C25H22N2O4/c1-29-23-14-22-19(13-20(23)26)25(17-7-3-2-6-16(17)24(28)31-25)18-9-8-15(12-21(18)30-22)27-10-4-5-11-27/h2-3,6-9,12-14H,4-5,10-11,26H2,1H3. The highest BCUT2D eigenvalue weighted by Crippen LogP contribution is 2.57. The maximum atomic E-state index is 12.9. The van der Waals surface area contributed by atoms with Crippen molar-refractivity contribution >= 4 is 17.3 Å². The van der Waals surface area contributed by atoms with Crippen molar-refractivity contribution < 1.29 is 19.0 Å². The number of ether oxygens (including phenoxy) is 3. The number of fused-ring (bicyclic) bond motifs is 6. The molecule has 0 amide bonds. The molecule has 0 aromatic heterocycles. The molecule has 1 unspecified atom stereocenters. The van der Waals surface area contributed by atoms with Gasteiger partial charge in [0.1, 0.15) is 17.2 Å². The maximum Gasteiger partial charge on any atom is 0.340 e. The number of carbonyl (C=O) groups excluding carboxylic acids is 1. The van der Waals surface area contributed by atoms with Gasteiger partial charge in [-0.05, 0) is 37.1 Å². The Balaban J connectivity index is 1.63. The minimum absolute atomic E-state index is 0.354. The minimum Gasteiger partial charge on any atom is -0.494 e. The van der Waals surface area contributed by atoms with Crippen molar-refractivity contribution in [2.24, 2.45) is 0 Å². The van der Waals surface area contributed by atoms with Crippen LogP contribution in [0.15, 0.2) is 54.6 Å². The molecule has 0 aliphatic carbocycles. The summed E-state index contributed by atoms with van der Waals surface area (Å²) in [6.07, 6.45) is 2.37. The molecule has 0 bridgehead atoms. The molecule has 6 rings (SSSR count). The van der Waals surface area contributed by atoms with Gasteiger partial charge in [-0.3, -0.25) is 0 Å². The Morgan fingerprint density at radius 1 is 0.968 bits per heavy atom. The van der Waals surface area contributed by atoms with Crippen LogP contribution in [0.1, 0.15) is 39.9 Å². The lowest BCUT2D eigenvalue weighted by molar-refractivity contribution is 0.0224. The van der Waals surface area contributed by atoms with Crippen LogP contribution in [0.5, 0.6) is 17.2 Å². The van der Waals surface area contributed by atoms with Crippen LogP contribution in [0.2, 0.25) is 0 Å². The number of nitrogens with two attached hydrogens (primary N) is 1.